The third kappa shape index (κ3) is 2.76. The van der Waals surface area contributed by atoms with Crippen molar-refractivity contribution in [1.29, 1.82) is 0 Å². The van der Waals surface area contributed by atoms with E-state index < -0.39 is 6.10 Å². The Bertz CT molecular complexity index is 364. The Balaban J connectivity index is 2.08. The maximum absolute atomic E-state index is 11.6. The molecule has 17 heavy (non-hydrogen) atoms. The van der Waals surface area contributed by atoms with Gasteiger partial charge in [-0.15, -0.1) is 0 Å². The molecule has 1 aliphatic heterocycles. The molecule has 4 nitrogen and oxygen atoms in total. The van der Waals surface area contributed by atoms with Crippen LogP contribution in [0.2, 0.25) is 0 Å². The van der Waals surface area contributed by atoms with Gasteiger partial charge >= 0.3 is 0 Å². The summed E-state index contributed by atoms with van der Waals surface area (Å²) in [6, 6.07) is 5.15. The van der Waals surface area contributed by atoms with Crippen molar-refractivity contribution in [3.63, 3.8) is 0 Å². The first kappa shape index (κ1) is 12.3. The molecule has 1 saturated heterocycles. The monoisotopic (exact) mass is 236 g/mol. The van der Waals surface area contributed by atoms with Crippen molar-refractivity contribution in [3.05, 3.63) is 35.3 Å². The van der Waals surface area contributed by atoms with Gasteiger partial charge in [-0.05, 0) is 38.9 Å². The average molecular weight is 236 g/mol. The van der Waals surface area contributed by atoms with Gasteiger partial charge in [0.05, 0.1) is 0 Å². The predicted octanol–water partition coefficient (Wildman–Crippen LogP) is 1.23. The third-order valence-corrected chi connectivity index (χ3v) is 3.58. The first-order valence-electron chi connectivity index (χ1n) is 6.30. The van der Waals surface area contributed by atoms with E-state index in [1.54, 1.807) is 18.2 Å². The van der Waals surface area contributed by atoms with Crippen LogP contribution in [-0.4, -0.2) is 29.1 Å². The van der Waals surface area contributed by atoms with E-state index in [0.717, 1.165) is 17.8 Å². The van der Waals surface area contributed by atoms with E-state index in [2.05, 4.69) is 4.90 Å². The SMILES string of the molecule is C[C@@H]([C@@H](O)c1cccc[n+]1[O-])N1CCCCC1. The van der Waals surface area contributed by atoms with Gasteiger partial charge in [0.25, 0.3) is 0 Å². The van der Waals surface area contributed by atoms with Gasteiger partial charge in [-0.1, -0.05) is 6.42 Å². The molecular formula is C13H20N2O2. The highest BCUT2D eigenvalue weighted by atomic mass is 16.5. The molecule has 0 spiro atoms. The van der Waals surface area contributed by atoms with Gasteiger partial charge in [0, 0.05) is 18.2 Å². The first-order valence-corrected chi connectivity index (χ1v) is 6.30. The van der Waals surface area contributed by atoms with Crippen LogP contribution in [0.3, 0.4) is 0 Å². The van der Waals surface area contributed by atoms with Crippen molar-refractivity contribution >= 4 is 0 Å². The molecule has 0 aromatic carbocycles. The summed E-state index contributed by atoms with van der Waals surface area (Å²) in [5, 5.41) is 21.8. The van der Waals surface area contributed by atoms with Gasteiger partial charge in [-0.3, -0.25) is 4.90 Å². The molecule has 1 fully saturated rings. The Labute approximate surface area is 102 Å². The Hall–Kier alpha value is -1.13. The Morgan fingerprint density at radius 1 is 1.29 bits per heavy atom. The van der Waals surface area contributed by atoms with Crippen molar-refractivity contribution in [1.82, 2.24) is 4.90 Å². The topological polar surface area (TPSA) is 50.4 Å². The van der Waals surface area contributed by atoms with E-state index in [-0.39, 0.29) is 6.04 Å². The highest BCUT2D eigenvalue weighted by Gasteiger charge is 2.28. The van der Waals surface area contributed by atoms with Crippen LogP contribution >= 0.6 is 0 Å². The quantitative estimate of drug-likeness (QED) is 0.634. The van der Waals surface area contributed by atoms with Gasteiger partial charge in [-0.25, -0.2) is 0 Å². The van der Waals surface area contributed by atoms with E-state index in [1.165, 1.54) is 25.5 Å². The summed E-state index contributed by atoms with van der Waals surface area (Å²) in [6.45, 7) is 4.02. The summed E-state index contributed by atoms with van der Waals surface area (Å²) in [7, 11) is 0. The van der Waals surface area contributed by atoms with Crippen molar-refractivity contribution in [2.75, 3.05) is 13.1 Å². The van der Waals surface area contributed by atoms with E-state index >= 15 is 0 Å². The van der Waals surface area contributed by atoms with Gasteiger partial charge < -0.3 is 10.3 Å². The fraction of sp³-hybridized carbons (Fsp3) is 0.615. The van der Waals surface area contributed by atoms with Crippen LogP contribution in [0.1, 0.15) is 38.0 Å². The summed E-state index contributed by atoms with van der Waals surface area (Å²) in [5.41, 5.74) is 0.436. The maximum Gasteiger partial charge on any atom is 0.222 e. The molecule has 4 heteroatoms. The molecule has 0 aliphatic carbocycles. The number of hydrogen-bond acceptors (Lipinski definition) is 3. The fourth-order valence-electron chi connectivity index (χ4n) is 2.44. The minimum Gasteiger partial charge on any atom is -0.618 e. The van der Waals surface area contributed by atoms with Gasteiger partial charge in [-0.2, -0.15) is 4.73 Å². The van der Waals surface area contributed by atoms with Gasteiger partial charge in [0.2, 0.25) is 5.69 Å². The molecule has 2 heterocycles. The van der Waals surface area contributed by atoms with Crippen molar-refractivity contribution < 1.29 is 9.84 Å². The zero-order valence-electron chi connectivity index (χ0n) is 10.2. The Morgan fingerprint density at radius 3 is 2.65 bits per heavy atom. The lowest BCUT2D eigenvalue weighted by Gasteiger charge is -2.34. The number of nitrogens with zero attached hydrogens (tertiary/aromatic N) is 2. The van der Waals surface area contributed by atoms with Crippen LogP contribution in [0.15, 0.2) is 24.4 Å². The van der Waals surface area contributed by atoms with Crippen molar-refractivity contribution in [2.45, 2.75) is 38.3 Å². The number of piperidine rings is 1. The fourth-order valence-corrected chi connectivity index (χ4v) is 2.44. The molecule has 2 atom stereocenters. The van der Waals surface area contributed by atoms with Crippen LogP contribution in [0.25, 0.3) is 0 Å². The summed E-state index contributed by atoms with van der Waals surface area (Å²) in [4.78, 5) is 2.27. The molecule has 2 rings (SSSR count). The third-order valence-electron chi connectivity index (χ3n) is 3.58. The van der Waals surface area contributed by atoms with Crippen LogP contribution in [0.4, 0.5) is 0 Å². The largest absolute Gasteiger partial charge is 0.618 e. The molecule has 1 aliphatic rings. The smallest absolute Gasteiger partial charge is 0.222 e. The standard InChI is InChI=1S/C13H20N2O2/c1-11(14-8-4-2-5-9-14)13(16)12-7-3-6-10-15(12)17/h3,6-7,10-11,13,16H,2,4-5,8-9H2,1H3/t11-,13+/m0/s1. The zero-order chi connectivity index (χ0) is 12.3. The van der Waals surface area contributed by atoms with Crippen LogP contribution in [0.5, 0.6) is 0 Å². The second-order valence-electron chi connectivity index (χ2n) is 4.73. The molecule has 0 radical (unpaired) electrons. The number of rotatable bonds is 3. The van der Waals surface area contributed by atoms with E-state index in [0.29, 0.717) is 5.69 Å². The summed E-state index contributed by atoms with van der Waals surface area (Å²) < 4.78 is 0.755. The zero-order valence-corrected chi connectivity index (χ0v) is 10.2. The maximum atomic E-state index is 11.6. The van der Waals surface area contributed by atoms with Gasteiger partial charge in [0.1, 0.15) is 0 Å². The average Bonchev–Trinajstić information content (AvgIpc) is 2.39. The predicted molar refractivity (Wildman–Crippen MR) is 65.2 cm³/mol. The number of aromatic nitrogens is 1. The molecule has 94 valence electrons. The number of aliphatic hydroxyl groups excluding tert-OH is 1. The minimum absolute atomic E-state index is 0.00194. The lowest BCUT2D eigenvalue weighted by molar-refractivity contribution is -0.619. The molecule has 0 bridgehead atoms. The second-order valence-corrected chi connectivity index (χ2v) is 4.73. The molecular weight excluding hydrogens is 216 g/mol. The second kappa shape index (κ2) is 5.47. The number of aliphatic hydroxyl groups is 1. The number of likely N-dealkylation sites (tertiary alicyclic amines) is 1. The van der Waals surface area contributed by atoms with Crippen LogP contribution < -0.4 is 4.73 Å². The van der Waals surface area contributed by atoms with E-state index in [4.69, 9.17) is 0 Å². The molecule has 0 saturated carbocycles. The van der Waals surface area contributed by atoms with Crippen molar-refractivity contribution in [3.8, 4) is 0 Å². The molecule has 0 unspecified atom stereocenters. The van der Waals surface area contributed by atoms with Crippen LogP contribution in [0, 0.1) is 5.21 Å². The van der Waals surface area contributed by atoms with Crippen LogP contribution in [-0.2, 0) is 0 Å². The Kier molecular flexibility index (Phi) is 3.97. The number of pyridine rings is 1. The van der Waals surface area contributed by atoms with Crippen molar-refractivity contribution in [2.24, 2.45) is 0 Å². The molecule has 1 aromatic heterocycles. The summed E-state index contributed by atoms with van der Waals surface area (Å²) >= 11 is 0. The lowest BCUT2D eigenvalue weighted by Crippen LogP contribution is -2.44. The molecule has 0 amide bonds. The van der Waals surface area contributed by atoms with E-state index in [9.17, 15) is 10.3 Å². The Morgan fingerprint density at radius 2 is 2.00 bits per heavy atom. The number of hydrogen-bond donors (Lipinski definition) is 1. The molecule has 1 N–H and O–H groups in total. The normalized spacial score (nSPS) is 21.1. The summed E-state index contributed by atoms with van der Waals surface area (Å²) in [5.74, 6) is 0. The first-order chi connectivity index (χ1) is 8.20. The summed E-state index contributed by atoms with van der Waals surface area (Å²) in [6.07, 6.45) is 4.35. The van der Waals surface area contributed by atoms with E-state index in [1.807, 2.05) is 6.92 Å². The highest BCUT2D eigenvalue weighted by Crippen LogP contribution is 2.21. The minimum atomic E-state index is -0.716. The van der Waals surface area contributed by atoms with Gasteiger partial charge in [0.15, 0.2) is 12.3 Å². The molecule has 1 aromatic rings. The lowest BCUT2D eigenvalue weighted by atomic mass is 10.0. The highest BCUT2D eigenvalue weighted by molar-refractivity contribution is 5.03.